The molecule has 0 aliphatic rings. The van der Waals surface area contributed by atoms with E-state index in [9.17, 15) is 4.79 Å². The Morgan fingerprint density at radius 3 is 2.89 bits per heavy atom. The highest BCUT2D eigenvalue weighted by molar-refractivity contribution is 5.92. The van der Waals surface area contributed by atoms with Gasteiger partial charge in [0.2, 0.25) is 5.91 Å². The van der Waals surface area contributed by atoms with Crippen molar-refractivity contribution in [3.63, 3.8) is 0 Å². The van der Waals surface area contributed by atoms with Gasteiger partial charge in [0.15, 0.2) is 0 Å². The lowest BCUT2D eigenvalue weighted by molar-refractivity contribution is -0.119. The molecule has 0 saturated carbocycles. The fourth-order valence-electron chi connectivity index (χ4n) is 1.44. The Kier molecular flexibility index (Phi) is 7.10. The minimum absolute atomic E-state index is 0.0695. The first kappa shape index (κ1) is 15.6. The van der Waals surface area contributed by atoms with Gasteiger partial charge in [-0.3, -0.25) is 4.79 Å². The SMILES string of the molecule is COCCOCc1cccc(NC(=O)C(C)CN)c1. The summed E-state index contributed by atoms with van der Waals surface area (Å²) in [7, 11) is 1.64. The third kappa shape index (κ3) is 5.83. The number of carbonyl (C=O) groups is 1. The van der Waals surface area contributed by atoms with Crippen molar-refractivity contribution >= 4 is 11.6 Å². The summed E-state index contributed by atoms with van der Waals surface area (Å²) in [6, 6.07) is 7.58. The average Bonchev–Trinajstić information content (AvgIpc) is 2.43. The van der Waals surface area contributed by atoms with E-state index in [0.29, 0.717) is 26.4 Å². The second kappa shape index (κ2) is 8.63. The van der Waals surface area contributed by atoms with E-state index in [-0.39, 0.29) is 11.8 Å². The Labute approximate surface area is 114 Å². The maximum absolute atomic E-state index is 11.7. The summed E-state index contributed by atoms with van der Waals surface area (Å²) in [5.74, 6) is -0.262. The molecule has 1 aromatic rings. The van der Waals surface area contributed by atoms with Crippen molar-refractivity contribution in [2.24, 2.45) is 11.7 Å². The Bertz CT molecular complexity index is 396. The molecule has 1 aromatic carbocycles. The van der Waals surface area contributed by atoms with Crippen LogP contribution < -0.4 is 11.1 Å². The molecule has 5 nitrogen and oxygen atoms in total. The van der Waals surface area contributed by atoms with Crippen LogP contribution in [0.4, 0.5) is 5.69 Å². The number of nitrogens with one attached hydrogen (secondary N) is 1. The topological polar surface area (TPSA) is 73.6 Å². The number of rotatable bonds is 8. The maximum atomic E-state index is 11.7. The molecule has 0 aliphatic carbocycles. The Morgan fingerprint density at radius 1 is 1.42 bits per heavy atom. The first-order chi connectivity index (χ1) is 9.17. The highest BCUT2D eigenvalue weighted by Crippen LogP contribution is 2.12. The molecule has 19 heavy (non-hydrogen) atoms. The number of ether oxygens (including phenoxy) is 2. The molecule has 106 valence electrons. The van der Waals surface area contributed by atoms with Crippen LogP contribution in [0.25, 0.3) is 0 Å². The number of hydrogen-bond donors (Lipinski definition) is 2. The van der Waals surface area contributed by atoms with E-state index >= 15 is 0 Å². The molecule has 0 bridgehead atoms. The Hall–Kier alpha value is -1.43. The monoisotopic (exact) mass is 266 g/mol. The summed E-state index contributed by atoms with van der Waals surface area (Å²) in [4.78, 5) is 11.7. The number of hydrogen-bond acceptors (Lipinski definition) is 4. The molecular weight excluding hydrogens is 244 g/mol. The second-order valence-electron chi connectivity index (χ2n) is 4.37. The predicted octanol–water partition coefficient (Wildman–Crippen LogP) is 1.38. The summed E-state index contributed by atoms with van der Waals surface area (Å²) in [6.07, 6.45) is 0. The third-order valence-electron chi connectivity index (χ3n) is 2.70. The molecule has 0 aromatic heterocycles. The number of amides is 1. The first-order valence-corrected chi connectivity index (χ1v) is 6.34. The smallest absolute Gasteiger partial charge is 0.228 e. The van der Waals surface area contributed by atoms with Gasteiger partial charge >= 0.3 is 0 Å². The van der Waals surface area contributed by atoms with Gasteiger partial charge in [0.1, 0.15) is 0 Å². The molecule has 1 unspecified atom stereocenters. The van der Waals surface area contributed by atoms with E-state index < -0.39 is 0 Å². The molecule has 5 heteroatoms. The maximum Gasteiger partial charge on any atom is 0.228 e. The van der Waals surface area contributed by atoms with Gasteiger partial charge in [0.05, 0.1) is 19.8 Å². The fourth-order valence-corrected chi connectivity index (χ4v) is 1.44. The summed E-state index contributed by atoms with van der Waals surface area (Å²) in [5, 5.41) is 2.84. The zero-order valence-corrected chi connectivity index (χ0v) is 11.5. The van der Waals surface area contributed by atoms with Crippen LogP contribution in [0.3, 0.4) is 0 Å². The van der Waals surface area contributed by atoms with Crippen molar-refractivity contribution in [3.8, 4) is 0 Å². The van der Waals surface area contributed by atoms with Gasteiger partial charge in [0.25, 0.3) is 0 Å². The van der Waals surface area contributed by atoms with Crippen LogP contribution in [-0.2, 0) is 20.9 Å². The number of nitrogens with two attached hydrogens (primary N) is 1. The van der Waals surface area contributed by atoms with E-state index in [1.807, 2.05) is 24.3 Å². The van der Waals surface area contributed by atoms with Crippen LogP contribution in [0.1, 0.15) is 12.5 Å². The highest BCUT2D eigenvalue weighted by atomic mass is 16.5. The third-order valence-corrected chi connectivity index (χ3v) is 2.70. The minimum Gasteiger partial charge on any atom is -0.382 e. The van der Waals surface area contributed by atoms with E-state index in [4.69, 9.17) is 15.2 Å². The standard InChI is InChI=1S/C14H22N2O3/c1-11(9-15)14(17)16-13-5-3-4-12(8-13)10-19-7-6-18-2/h3-5,8,11H,6-7,9-10,15H2,1-2H3,(H,16,17). The van der Waals surface area contributed by atoms with Crippen LogP contribution >= 0.6 is 0 Å². The average molecular weight is 266 g/mol. The van der Waals surface area contributed by atoms with E-state index in [0.717, 1.165) is 11.3 Å². The Balaban J connectivity index is 2.49. The van der Waals surface area contributed by atoms with Crippen molar-refractivity contribution < 1.29 is 14.3 Å². The van der Waals surface area contributed by atoms with Crippen molar-refractivity contribution in [2.45, 2.75) is 13.5 Å². The number of methoxy groups -OCH3 is 1. The van der Waals surface area contributed by atoms with Crippen molar-refractivity contribution in [2.75, 3.05) is 32.2 Å². The van der Waals surface area contributed by atoms with Gasteiger partial charge in [-0.15, -0.1) is 0 Å². The Morgan fingerprint density at radius 2 is 2.21 bits per heavy atom. The molecule has 1 atom stereocenters. The first-order valence-electron chi connectivity index (χ1n) is 6.34. The molecule has 0 spiro atoms. The number of carbonyl (C=O) groups excluding carboxylic acids is 1. The largest absolute Gasteiger partial charge is 0.382 e. The van der Waals surface area contributed by atoms with Gasteiger partial charge < -0.3 is 20.5 Å². The molecular formula is C14H22N2O3. The lowest BCUT2D eigenvalue weighted by Crippen LogP contribution is -2.26. The fraction of sp³-hybridized carbons (Fsp3) is 0.500. The second-order valence-corrected chi connectivity index (χ2v) is 4.37. The van der Waals surface area contributed by atoms with Gasteiger partial charge in [-0.1, -0.05) is 19.1 Å². The van der Waals surface area contributed by atoms with Gasteiger partial charge in [-0.2, -0.15) is 0 Å². The van der Waals surface area contributed by atoms with Crippen LogP contribution in [-0.4, -0.2) is 32.8 Å². The summed E-state index contributed by atoms with van der Waals surface area (Å²) in [5.41, 5.74) is 7.23. The van der Waals surface area contributed by atoms with Crippen LogP contribution in [0, 0.1) is 5.92 Å². The molecule has 3 N–H and O–H groups in total. The summed E-state index contributed by atoms with van der Waals surface area (Å²) in [6.45, 7) is 3.76. The zero-order valence-electron chi connectivity index (χ0n) is 11.5. The van der Waals surface area contributed by atoms with Crippen molar-refractivity contribution in [1.82, 2.24) is 0 Å². The minimum atomic E-state index is -0.193. The lowest BCUT2D eigenvalue weighted by atomic mass is 10.1. The van der Waals surface area contributed by atoms with Gasteiger partial charge in [-0.25, -0.2) is 0 Å². The molecule has 0 heterocycles. The van der Waals surface area contributed by atoms with Gasteiger partial charge in [0, 0.05) is 25.3 Å². The van der Waals surface area contributed by atoms with E-state index in [1.54, 1.807) is 14.0 Å². The number of anilines is 1. The predicted molar refractivity (Wildman–Crippen MR) is 74.8 cm³/mol. The molecule has 0 radical (unpaired) electrons. The van der Waals surface area contributed by atoms with E-state index in [1.165, 1.54) is 0 Å². The molecule has 0 saturated heterocycles. The number of benzene rings is 1. The summed E-state index contributed by atoms with van der Waals surface area (Å²) < 4.78 is 10.3. The molecule has 1 rings (SSSR count). The molecule has 0 aliphatic heterocycles. The quantitative estimate of drug-likeness (QED) is 0.697. The van der Waals surface area contributed by atoms with Crippen molar-refractivity contribution in [1.29, 1.82) is 0 Å². The van der Waals surface area contributed by atoms with Crippen LogP contribution in [0.15, 0.2) is 24.3 Å². The molecule has 1 amide bonds. The normalized spacial score (nSPS) is 12.2. The van der Waals surface area contributed by atoms with Crippen LogP contribution in [0.5, 0.6) is 0 Å². The summed E-state index contributed by atoms with van der Waals surface area (Å²) >= 11 is 0. The lowest BCUT2D eigenvalue weighted by Gasteiger charge is -2.11. The highest BCUT2D eigenvalue weighted by Gasteiger charge is 2.10. The van der Waals surface area contributed by atoms with Gasteiger partial charge in [-0.05, 0) is 17.7 Å². The van der Waals surface area contributed by atoms with Crippen molar-refractivity contribution in [3.05, 3.63) is 29.8 Å². The van der Waals surface area contributed by atoms with Crippen LogP contribution in [0.2, 0.25) is 0 Å². The van der Waals surface area contributed by atoms with E-state index in [2.05, 4.69) is 5.32 Å². The molecule has 0 fully saturated rings. The zero-order chi connectivity index (χ0) is 14.1.